The van der Waals surface area contributed by atoms with Crippen LogP contribution in [0, 0.1) is 11.3 Å². The molecule has 1 fully saturated rings. The number of hydrogen-bond acceptors (Lipinski definition) is 3. The highest BCUT2D eigenvalue weighted by molar-refractivity contribution is 5.92. The predicted molar refractivity (Wildman–Crippen MR) is 52.9 cm³/mol. The standard InChI is InChI=1S/C10H12N4O/c1-13-6-9(12-7-13)10(15)14-4-2-3-8(14)5-11/h6-8H,2-4H2,1H3. The summed E-state index contributed by atoms with van der Waals surface area (Å²) in [7, 11) is 1.82. The van der Waals surface area contributed by atoms with Gasteiger partial charge in [0.15, 0.2) is 0 Å². The summed E-state index contributed by atoms with van der Waals surface area (Å²) in [4.78, 5) is 17.5. The maximum absolute atomic E-state index is 11.9. The van der Waals surface area contributed by atoms with E-state index in [1.165, 1.54) is 0 Å². The van der Waals surface area contributed by atoms with Crippen LogP contribution >= 0.6 is 0 Å². The highest BCUT2D eigenvalue weighted by atomic mass is 16.2. The number of amides is 1. The van der Waals surface area contributed by atoms with Gasteiger partial charge in [-0.05, 0) is 12.8 Å². The number of nitriles is 1. The number of nitrogens with zero attached hydrogens (tertiary/aromatic N) is 4. The van der Waals surface area contributed by atoms with Gasteiger partial charge in [-0.1, -0.05) is 0 Å². The first kappa shape index (κ1) is 9.71. The number of carbonyl (C=O) groups excluding carboxylic acids is 1. The Labute approximate surface area is 87.9 Å². The average molecular weight is 204 g/mol. The van der Waals surface area contributed by atoms with E-state index in [2.05, 4.69) is 11.1 Å². The third-order valence-corrected chi connectivity index (χ3v) is 2.59. The number of aryl methyl sites for hydroxylation is 1. The smallest absolute Gasteiger partial charge is 0.275 e. The van der Waals surface area contributed by atoms with Crippen molar-refractivity contribution in [3.05, 3.63) is 18.2 Å². The van der Waals surface area contributed by atoms with Gasteiger partial charge in [0.25, 0.3) is 5.91 Å². The molecule has 2 heterocycles. The lowest BCUT2D eigenvalue weighted by atomic mass is 10.2. The van der Waals surface area contributed by atoms with Gasteiger partial charge in [-0.2, -0.15) is 5.26 Å². The molecule has 15 heavy (non-hydrogen) atoms. The lowest BCUT2D eigenvalue weighted by Crippen LogP contribution is -2.34. The van der Waals surface area contributed by atoms with E-state index in [0.29, 0.717) is 12.2 Å². The minimum atomic E-state index is -0.278. The van der Waals surface area contributed by atoms with E-state index in [-0.39, 0.29) is 11.9 Å². The van der Waals surface area contributed by atoms with Gasteiger partial charge < -0.3 is 9.47 Å². The number of carbonyl (C=O) groups is 1. The summed E-state index contributed by atoms with van der Waals surface area (Å²) in [5.41, 5.74) is 0.416. The van der Waals surface area contributed by atoms with E-state index in [1.807, 2.05) is 7.05 Å². The van der Waals surface area contributed by atoms with Crippen molar-refractivity contribution >= 4 is 5.91 Å². The molecule has 5 heteroatoms. The second kappa shape index (κ2) is 3.73. The van der Waals surface area contributed by atoms with Crippen LogP contribution in [0.15, 0.2) is 12.5 Å². The normalized spacial score (nSPS) is 20.3. The number of aromatic nitrogens is 2. The number of likely N-dealkylation sites (tertiary alicyclic amines) is 1. The van der Waals surface area contributed by atoms with Crippen LogP contribution in [0.4, 0.5) is 0 Å². The Bertz CT molecular complexity index is 417. The van der Waals surface area contributed by atoms with Crippen LogP contribution in [-0.4, -0.2) is 32.9 Å². The summed E-state index contributed by atoms with van der Waals surface area (Å²) >= 11 is 0. The molecule has 0 radical (unpaired) electrons. The predicted octanol–water partition coefficient (Wildman–Crippen LogP) is 0.548. The van der Waals surface area contributed by atoms with Crippen LogP contribution in [0.2, 0.25) is 0 Å². The Hall–Kier alpha value is -1.83. The van der Waals surface area contributed by atoms with Gasteiger partial charge >= 0.3 is 0 Å². The largest absolute Gasteiger partial charge is 0.340 e. The molecule has 0 aliphatic carbocycles. The van der Waals surface area contributed by atoms with Gasteiger partial charge in [-0.25, -0.2) is 4.98 Å². The van der Waals surface area contributed by atoms with E-state index < -0.39 is 0 Å². The van der Waals surface area contributed by atoms with E-state index >= 15 is 0 Å². The summed E-state index contributed by atoms with van der Waals surface area (Å²) in [6.07, 6.45) is 4.94. The van der Waals surface area contributed by atoms with E-state index in [0.717, 1.165) is 12.8 Å². The van der Waals surface area contributed by atoms with Gasteiger partial charge in [0.05, 0.1) is 12.4 Å². The monoisotopic (exact) mass is 204 g/mol. The van der Waals surface area contributed by atoms with Gasteiger partial charge in [0.1, 0.15) is 11.7 Å². The molecule has 1 aliphatic heterocycles. The van der Waals surface area contributed by atoms with Crippen molar-refractivity contribution in [2.75, 3.05) is 6.54 Å². The number of imidazole rings is 1. The Balaban J connectivity index is 2.18. The van der Waals surface area contributed by atoms with Crippen LogP contribution in [0.3, 0.4) is 0 Å². The van der Waals surface area contributed by atoms with Crippen molar-refractivity contribution in [1.29, 1.82) is 5.26 Å². The Kier molecular flexibility index (Phi) is 2.42. The molecule has 0 bridgehead atoms. The topological polar surface area (TPSA) is 61.9 Å². The van der Waals surface area contributed by atoms with Crippen molar-refractivity contribution in [2.45, 2.75) is 18.9 Å². The van der Waals surface area contributed by atoms with Crippen LogP contribution in [-0.2, 0) is 7.05 Å². The summed E-state index contributed by atoms with van der Waals surface area (Å²) in [5.74, 6) is -0.139. The Morgan fingerprint density at radius 1 is 1.73 bits per heavy atom. The lowest BCUT2D eigenvalue weighted by Gasteiger charge is -2.17. The third kappa shape index (κ3) is 1.71. The molecule has 2 rings (SSSR count). The first-order valence-electron chi connectivity index (χ1n) is 4.91. The quantitative estimate of drug-likeness (QED) is 0.671. The van der Waals surface area contributed by atoms with Crippen molar-refractivity contribution in [3.8, 4) is 6.07 Å². The number of rotatable bonds is 1. The summed E-state index contributed by atoms with van der Waals surface area (Å²) in [5, 5.41) is 8.87. The molecule has 1 aromatic rings. The van der Waals surface area contributed by atoms with E-state index in [4.69, 9.17) is 5.26 Å². The highest BCUT2D eigenvalue weighted by Crippen LogP contribution is 2.18. The molecule has 0 spiro atoms. The van der Waals surface area contributed by atoms with Crippen molar-refractivity contribution < 1.29 is 4.79 Å². The molecule has 1 saturated heterocycles. The highest BCUT2D eigenvalue weighted by Gasteiger charge is 2.30. The summed E-state index contributed by atoms with van der Waals surface area (Å²) in [6, 6.07) is 1.86. The zero-order valence-corrected chi connectivity index (χ0v) is 8.55. The molecule has 0 saturated carbocycles. The molecule has 1 amide bonds. The molecule has 0 N–H and O–H groups in total. The minimum absolute atomic E-state index is 0.139. The average Bonchev–Trinajstić information content (AvgIpc) is 2.84. The SMILES string of the molecule is Cn1cnc(C(=O)N2CCCC2C#N)c1. The van der Waals surface area contributed by atoms with Crippen molar-refractivity contribution in [2.24, 2.45) is 7.05 Å². The summed E-state index contributed by atoms with van der Waals surface area (Å²) in [6.45, 7) is 0.660. The van der Waals surface area contributed by atoms with E-state index in [1.54, 1.807) is 22.0 Å². The molecule has 1 unspecified atom stereocenters. The summed E-state index contributed by atoms with van der Waals surface area (Å²) < 4.78 is 1.73. The Morgan fingerprint density at radius 2 is 2.53 bits per heavy atom. The first-order valence-corrected chi connectivity index (χ1v) is 4.91. The molecule has 1 aromatic heterocycles. The maximum atomic E-state index is 11.9. The molecule has 78 valence electrons. The fourth-order valence-electron chi connectivity index (χ4n) is 1.81. The Morgan fingerprint density at radius 3 is 3.13 bits per heavy atom. The second-order valence-electron chi connectivity index (χ2n) is 3.71. The molecule has 5 nitrogen and oxygen atoms in total. The molecule has 0 aromatic carbocycles. The van der Waals surface area contributed by atoms with Gasteiger partial charge in [0.2, 0.25) is 0 Å². The fourth-order valence-corrected chi connectivity index (χ4v) is 1.81. The fraction of sp³-hybridized carbons (Fsp3) is 0.500. The van der Waals surface area contributed by atoms with Crippen LogP contribution < -0.4 is 0 Å². The van der Waals surface area contributed by atoms with Crippen LogP contribution in [0.1, 0.15) is 23.3 Å². The van der Waals surface area contributed by atoms with Crippen molar-refractivity contribution in [1.82, 2.24) is 14.5 Å². The van der Waals surface area contributed by atoms with Crippen molar-refractivity contribution in [3.63, 3.8) is 0 Å². The maximum Gasteiger partial charge on any atom is 0.275 e. The molecular weight excluding hydrogens is 192 g/mol. The molecule has 1 atom stereocenters. The van der Waals surface area contributed by atoms with Gasteiger partial charge in [-0.3, -0.25) is 4.79 Å². The lowest BCUT2D eigenvalue weighted by molar-refractivity contribution is 0.0759. The van der Waals surface area contributed by atoms with Gasteiger partial charge in [0, 0.05) is 19.8 Å². The van der Waals surface area contributed by atoms with E-state index in [9.17, 15) is 4.79 Å². The minimum Gasteiger partial charge on any atom is -0.340 e. The third-order valence-electron chi connectivity index (χ3n) is 2.59. The number of hydrogen-bond donors (Lipinski definition) is 0. The van der Waals surface area contributed by atoms with Crippen LogP contribution in [0.25, 0.3) is 0 Å². The molecular formula is C10H12N4O. The first-order chi connectivity index (χ1) is 7.22. The zero-order chi connectivity index (χ0) is 10.8. The zero-order valence-electron chi connectivity index (χ0n) is 8.55. The molecule has 1 aliphatic rings. The second-order valence-corrected chi connectivity index (χ2v) is 3.71. The van der Waals surface area contributed by atoms with Crippen LogP contribution in [0.5, 0.6) is 0 Å². The van der Waals surface area contributed by atoms with Gasteiger partial charge in [-0.15, -0.1) is 0 Å².